The molecule has 1 aromatic rings. The average Bonchev–Trinajstić information content (AvgIpc) is 2.66. The van der Waals surface area contributed by atoms with Gasteiger partial charge in [-0.1, -0.05) is 12.1 Å². The number of ether oxygens (including phenoxy) is 2. The Hall–Kier alpha value is -2.61. The van der Waals surface area contributed by atoms with Gasteiger partial charge < -0.3 is 19.7 Å². The van der Waals surface area contributed by atoms with Crippen LogP contribution in [0.4, 0.5) is 0 Å². The number of esters is 1. The van der Waals surface area contributed by atoms with Crippen molar-refractivity contribution in [3.05, 3.63) is 29.8 Å². The first-order chi connectivity index (χ1) is 12.0. The van der Waals surface area contributed by atoms with E-state index in [0.29, 0.717) is 26.2 Å². The summed E-state index contributed by atoms with van der Waals surface area (Å²) in [6, 6.07) is 7.86. The summed E-state index contributed by atoms with van der Waals surface area (Å²) in [6.07, 6.45) is 0. The largest absolute Gasteiger partial charge is 0.497 e. The van der Waals surface area contributed by atoms with Crippen molar-refractivity contribution >= 4 is 17.8 Å². The Bertz CT molecular complexity index is 609. The molecule has 0 saturated carbocycles. The smallest absolute Gasteiger partial charge is 0.325 e. The second-order valence-corrected chi connectivity index (χ2v) is 5.68. The minimum absolute atomic E-state index is 0.307. The molecule has 0 bridgehead atoms. The first kappa shape index (κ1) is 18.7. The zero-order valence-corrected chi connectivity index (χ0v) is 14.5. The highest BCUT2D eigenvalue weighted by Crippen LogP contribution is 2.14. The number of amides is 2. The summed E-state index contributed by atoms with van der Waals surface area (Å²) in [5, 5.41) is 2.26. The lowest BCUT2D eigenvalue weighted by atomic mass is 10.2. The van der Waals surface area contributed by atoms with Crippen LogP contribution in [0, 0.1) is 0 Å². The van der Waals surface area contributed by atoms with Gasteiger partial charge in [-0.05, 0) is 17.7 Å². The van der Waals surface area contributed by atoms with Gasteiger partial charge in [0.1, 0.15) is 12.3 Å². The van der Waals surface area contributed by atoms with Crippen molar-refractivity contribution in [2.75, 3.05) is 46.9 Å². The molecule has 2 rings (SSSR count). The molecule has 1 N–H and O–H groups in total. The summed E-state index contributed by atoms with van der Waals surface area (Å²) in [5.74, 6) is -1.18. The number of hydrogen-bond acceptors (Lipinski definition) is 6. The van der Waals surface area contributed by atoms with Crippen LogP contribution in [0.5, 0.6) is 5.75 Å². The summed E-state index contributed by atoms with van der Waals surface area (Å²) in [5.41, 5.74) is 1.16. The van der Waals surface area contributed by atoms with Crippen LogP contribution in [0.25, 0.3) is 0 Å². The SMILES string of the molecule is COC(=O)CNC(=O)C(=O)N1CCN(Cc2ccc(OC)cc2)CC1. The van der Waals surface area contributed by atoms with Crippen molar-refractivity contribution < 1.29 is 23.9 Å². The van der Waals surface area contributed by atoms with Crippen LogP contribution < -0.4 is 10.1 Å². The Kier molecular flexibility index (Phi) is 6.76. The molecule has 0 aliphatic carbocycles. The van der Waals surface area contributed by atoms with E-state index in [1.165, 1.54) is 12.0 Å². The van der Waals surface area contributed by atoms with Gasteiger partial charge in [0.15, 0.2) is 0 Å². The minimum Gasteiger partial charge on any atom is -0.497 e. The Morgan fingerprint density at radius 3 is 2.24 bits per heavy atom. The highest BCUT2D eigenvalue weighted by Gasteiger charge is 2.26. The summed E-state index contributed by atoms with van der Waals surface area (Å²) >= 11 is 0. The highest BCUT2D eigenvalue weighted by atomic mass is 16.5. The molecule has 8 heteroatoms. The van der Waals surface area contributed by atoms with E-state index in [-0.39, 0.29) is 6.54 Å². The fourth-order valence-corrected chi connectivity index (χ4v) is 2.54. The first-order valence-corrected chi connectivity index (χ1v) is 8.02. The Labute approximate surface area is 146 Å². The molecule has 0 unspecified atom stereocenters. The number of piperazine rings is 1. The van der Waals surface area contributed by atoms with Crippen molar-refractivity contribution in [1.82, 2.24) is 15.1 Å². The van der Waals surface area contributed by atoms with Crippen LogP contribution in [0.1, 0.15) is 5.56 Å². The van der Waals surface area contributed by atoms with Crippen LogP contribution in [-0.4, -0.2) is 74.5 Å². The maximum atomic E-state index is 12.1. The number of hydrogen-bond donors (Lipinski definition) is 1. The molecular weight excluding hydrogens is 326 g/mol. The standard InChI is InChI=1S/C17H23N3O5/c1-24-14-5-3-13(4-6-14)12-19-7-9-20(10-8-19)17(23)16(22)18-11-15(21)25-2/h3-6H,7-12H2,1-2H3,(H,18,22). The average molecular weight is 349 g/mol. The van der Waals surface area contributed by atoms with Gasteiger partial charge in [-0.25, -0.2) is 0 Å². The molecular formula is C17H23N3O5. The van der Waals surface area contributed by atoms with Gasteiger partial charge in [-0.3, -0.25) is 19.3 Å². The van der Waals surface area contributed by atoms with Gasteiger partial charge in [-0.15, -0.1) is 0 Å². The van der Waals surface area contributed by atoms with E-state index in [1.807, 2.05) is 24.3 Å². The maximum Gasteiger partial charge on any atom is 0.325 e. The summed E-state index contributed by atoms with van der Waals surface area (Å²) in [4.78, 5) is 38.5. The molecule has 1 saturated heterocycles. The zero-order chi connectivity index (χ0) is 18.2. The third kappa shape index (κ3) is 5.46. The van der Waals surface area contributed by atoms with E-state index in [2.05, 4.69) is 15.0 Å². The number of nitrogens with one attached hydrogen (secondary N) is 1. The molecule has 1 aliphatic rings. The van der Waals surface area contributed by atoms with Crippen LogP contribution in [0.3, 0.4) is 0 Å². The number of rotatable bonds is 5. The summed E-state index contributed by atoms with van der Waals surface area (Å²) in [6.45, 7) is 2.78. The Morgan fingerprint density at radius 1 is 1.04 bits per heavy atom. The van der Waals surface area contributed by atoms with Gasteiger partial charge in [0.05, 0.1) is 14.2 Å². The van der Waals surface area contributed by atoms with Crippen LogP contribution in [-0.2, 0) is 25.7 Å². The Morgan fingerprint density at radius 2 is 1.68 bits per heavy atom. The van der Waals surface area contributed by atoms with Crippen molar-refractivity contribution in [3.8, 4) is 5.75 Å². The highest BCUT2D eigenvalue weighted by molar-refractivity contribution is 6.35. The fraction of sp³-hybridized carbons (Fsp3) is 0.471. The lowest BCUT2D eigenvalue weighted by molar-refractivity contribution is -0.148. The fourth-order valence-electron chi connectivity index (χ4n) is 2.54. The first-order valence-electron chi connectivity index (χ1n) is 8.02. The van der Waals surface area contributed by atoms with E-state index in [4.69, 9.17) is 4.74 Å². The normalized spacial score (nSPS) is 14.7. The number of methoxy groups -OCH3 is 2. The van der Waals surface area contributed by atoms with E-state index < -0.39 is 17.8 Å². The molecule has 8 nitrogen and oxygen atoms in total. The van der Waals surface area contributed by atoms with E-state index >= 15 is 0 Å². The number of nitrogens with zero attached hydrogens (tertiary/aromatic N) is 2. The second-order valence-electron chi connectivity index (χ2n) is 5.68. The van der Waals surface area contributed by atoms with Gasteiger partial charge in [-0.2, -0.15) is 0 Å². The summed E-state index contributed by atoms with van der Waals surface area (Å²) < 4.78 is 9.56. The molecule has 1 fully saturated rings. The second kappa shape index (κ2) is 9.03. The molecule has 2 amide bonds. The lowest BCUT2D eigenvalue weighted by Crippen LogP contribution is -2.52. The van der Waals surface area contributed by atoms with Crippen molar-refractivity contribution in [3.63, 3.8) is 0 Å². The van der Waals surface area contributed by atoms with Crippen molar-refractivity contribution in [2.24, 2.45) is 0 Å². The minimum atomic E-state index is -0.783. The van der Waals surface area contributed by atoms with Gasteiger partial charge in [0.25, 0.3) is 0 Å². The third-order valence-electron chi connectivity index (χ3n) is 4.04. The molecule has 25 heavy (non-hydrogen) atoms. The van der Waals surface area contributed by atoms with Crippen molar-refractivity contribution in [2.45, 2.75) is 6.54 Å². The van der Waals surface area contributed by atoms with Crippen LogP contribution >= 0.6 is 0 Å². The predicted octanol–water partition coefficient (Wildman–Crippen LogP) is -0.371. The predicted molar refractivity (Wildman–Crippen MR) is 89.9 cm³/mol. The molecule has 0 aromatic heterocycles. The quantitative estimate of drug-likeness (QED) is 0.576. The maximum absolute atomic E-state index is 12.1. The molecule has 1 aliphatic heterocycles. The third-order valence-corrected chi connectivity index (χ3v) is 4.04. The molecule has 1 heterocycles. The monoisotopic (exact) mass is 349 g/mol. The number of carbonyl (C=O) groups excluding carboxylic acids is 3. The van der Waals surface area contributed by atoms with E-state index in [9.17, 15) is 14.4 Å². The van der Waals surface area contributed by atoms with Crippen LogP contribution in [0.2, 0.25) is 0 Å². The molecule has 0 radical (unpaired) electrons. The van der Waals surface area contributed by atoms with Gasteiger partial charge in [0.2, 0.25) is 0 Å². The van der Waals surface area contributed by atoms with Gasteiger partial charge >= 0.3 is 17.8 Å². The van der Waals surface area contributed by atoms with Gasteiger partial charge in [0, 0.05) is 32.7 Å². The lowest BCUT2D eigenvalue weighted by Gasteiger charge is -2.34. The van der Waals surface area contributed by atoms with Crippen LogP contribution in [0.15, 0.2) is 24.3 Å². The zero-order valence-electron chi connectivity index (χ0n) is 14.5. The molecule has 0 atom stereocenters. The Balaban J connectivity index is 1.77. The molecule has 1 aromatic carbocycles. The molecule has 136 valence electrons. The van der Waals surface area contributed by atoms with E-state index in [0.717, 1.165) is 17.9 Å². The molecule has 0 spiro atoms. The number of carbonyl (C=O) groups is 3. The van der Waals surface area contributed by atoms with Crippen molar-refractivity contribution in [1.29, 1.82) is 0 Å². The van der Waals surface area contributed by atoms with E-state index in [1.54, 1.807) is 7.11 Å². The summed E-state index contributed by atoms with van der Waals surface area (Å²) in [7, 11) is 2.85. The topological polar surface area (TPSA) is 88.2 Å². The number of benzene rings is 1.